The predicted molar refractivity (Wildman–Crippen MR) is 81.6 cm³/mol. The summed E-state index contributed by atoms with van der Waals surface area (Å²) in [5, 5.41) is 6.51. The number of ether oxygens (including phenoxy) is 2. The highest BCUT2D eigenvalue weighted by molar-refractivity contribution is 5.66. The highest BCUT2D eigenvalue weighted by Crippen LogP contribution is 2.34. The van der Waals surface area contributed by atoms with Crippen LogP contribution in [0.5, 0.6) is 11.5 Å². The van der Waals surface area contributed by atoms with Crippen molar-refractivity contribution in [3.05, 3.63) is 30.1 Å². The monoisotopic (exact) mass is 286 g/mol. The first-order chi connectivity index (χ1) is 10.3. The van der Waals surface area contributed by atoms with Gasteiger partial charge in [0, 0.05) is 23.9 Å². The highest BCUT2D eigenvalue weighted by atomic mass is 16.6. The van der Waals surface area contributed by atoms with Gasteiger partial charge in [0.1, 0.15) is 31.2 Å². The zero-order valence-electron chi connectivity index (χ0n) is 12.1. The number of rotatable bonds is 4. The van der Waals surface area contributed by atoms with Crippen LogP contribution in [0.1, 0.15) is 12.5 Å². The Kier molecular flexibility index (Phi) is 3.77. The Labute approximate surface area is 123 Å². The van der Waals surface area contributed by atoms with Crippen LogP contribution in [0.15, 0.2) is 24.5 Å². The van der Waals surface area contributed by atoms with Crippen LogP contribution >= 0.6 is 0 Å². The van der Waals surface area contributed by atoms with Crippen LogP contribution in [0.4, 0.5) is 17.3 Å². The smallest absolute Gasteiger partial charge is 0.163 e. The Morgan fingerprint density at radius 3 is 2.67 bits per heavy atom. The van der Waals surface area contributed by atoms with E-state index in [-0.39, 0.29) is 0 Å². The van der Waals surface area contributed by atoms with E-state index in [9.17, 15) is 0 Å². The van der Waals surface area contributed by atoms with Gasteiger partial charge in [-0.25, -0.2) is 9.97 Å². The number of aromatic nitrogens is 2. The topological polar surface area (TPSA) is 68.3 Å². The Hall–Kier alpha value is -2.50. The second-order valence-corrected chi connectivity index (χ2v) is 4.71. The van der Waals surface area contributed by atoms with Crippen molar-refractivity contribution in [3.8, 4) is 11.5 Å². The molecule has 0 amide bonds. The Morgan fingerprint density at radius 2 is 1.86 bits per heavy atom. The maximum absolute atomic E-state index is 5.58. The summed E-state index contributed by atoms with van der Waals surface area (Å²) in [6.45, 7) is 6.01. The first-order valence-corrected chi connectivity index (χ1v) is 7.00. The van der Waals surface area contributed by atoms with Gasteiger partial charge in [0.15, 0.2) is 11.5 Å². The maximum atomic E-state index is 5.58. The van der Waals surface area contributed by atoms with Crippen molar-refractivity contribution in [2.75, 3.05) is 30.4 Å². The minimum atomic E-state index is 0.577. The van der Waals surface area contributed by atoms with E-state index in [4.69, 9.17) is 9.47 Å². The molecule has 0 radical (unpaired) electrons. The number of nitrogens with zero attached hydrogens (tertiary/aromatic N) is 2. The fourth-order valence-electron chi connectivity index (χ4n) is 2.18. The minimum Gasteiger partial charge on any atom is -0.486 e. The van der Waals surface area contributed by atoms with Gasteiger partial charge in [0.05, 0.1) is 0 Å². The fraction of sp³-hybridized carbons (Fsp3) is 0.333. The lowest BCUT2D eigenvalue weighted by atomic mass is 10.2. The summed E-state index contributed by atoms with van der Waals surface area (Å²) in [6, 6.07) is 5.77. The summed E-state index contributed by atoms with van der Waals surface area (Å²) < 4.78 is 11.1. The van der Waals surface area contributed by atoms with Crippen molar-refractivity contribution in [1.82, 2.24) is 9.97 Å². The molecule has 0 spiro atoms. The van der Waals surface area contributed by atoms with E-state index in [0.29, 0.717) is 13.2 Å². The molecule has 0 saturated heterocycles. The number of benzene rings is 1. The SMILES string of the molecule is CCNc1ncnc(Nc2ccc3c(c2)OCCO3)c1C. The van der Waals surface area contributed by atoms with Crippen LogP contribution in [-0.4, -0.2) is 29.7 Å². The van der Waals surface area contributed by atoms with Gasteiger partial charge in [-0.1, -0.05) is 0 Å². The summed E-state index contributed by atoms with van der Waals surface area (Å²) in [5.41, 5.74) is 1.89. The summed E-state index contributed by atoms with van der Waals surface area (Å²) >= 11 is 0. The molecule has 0 atom stereocenters. The molecule has 1 aliphatic rings. The third-order valence-electron chi connectivity index (χ3n) is 3.23. The Bertz CT molecular complexity index is 646. The number of hydrogen-bond acceptors (Lipinski definition) is 6. The van der Waals surface area contributed by atoms with Gasteiger partial charge in [-0.05, 0) is 26.0 Å². The predicted octanol–water partition coefficient (Wildman–Crippen LogP) is 2.73. The molecule has 0 saturated carbocycles. The first-order valence-electron chi connectivity index (χ1n) is 7.00. The standard InChI is InChI=1S/C15H18N4O2/c1-3-16-14-10(2)15(18-9-17-14)19-11-4-5-12-13(8-11)21-7-6-20-12/h4-5,8-9H,3,6-7H2,1-2H3,(H2,16,17,18,19). The molecule has 0 fully saturated rings. The average Bonchev–Trinajstić information content (AvgIpc) is 2.51. The number of hydrogen-bond donors (Lipinski definition) is 2. The van der Waals surface area contributed by atoms with E-state index < -0.39 is 0 Å². The van der Waals surface area contributed by atoms with E-state index in [0.717, 1.165) is 40.9 Å². The average molecular weight is 286 g/mol. The first kappa shape index (κ1) is 13.5. The highest BCUT2D eigenvalue weighted by Gasteiger charge is 2.13. The van der Waals surface area contributed by atoms with Crippen molar-refractivity contribution >= 4 is 17.3 Å². The Balaban J connectivity index is 1.85. The minimum absolute atomic E-state index is 0.577. The number of fused-ring (bicyclic) bond motifs is 1. The summed E-state index contributed by atoms with van der Waals surface area (Å²) in [6.07, 6.45) is 1.55. The van der Waals surface area contributed by atoms with Crippen molar-refractivity contribution in [2.45, 2.75) is 13.8 Å². The quantitative estimate of drug-likeness (QED) is 0.900. The molecule has 1 aromatic carbocycles. The molecule has 110 valence electrons. The molecule has 2 N–H and O–H groups in total. The second kappa shape index (κ2) is 5.87. The molecule has 6 heteroatoms. The molecule has 21 heavy (non-hydrogen) atoms. The second-order valence-electron chi connectivity index (χ2n) is 4.71. The van der Waals surface area contributed by atoms with Crippen molar-refractivity contribution < 1.29 is 9.47 Å². The molecule has 1 aliphatic heterocycles. The molecule has 3 rings (SSSR count). The zero-order valence-corrected chi connectivity index (χ0v) is 12.1. The zero-order chi connectivity index (χ0) is 14.7. The van der Waals surface area contributed by atoms with Gasteiger partial charge in [-0.2, -0.15) is 0 Å². The molecule has 6 nitrogen and oxygen atoms in total. The van der Waals surface area contributed by atoms with E-state index in [2.05, 4.69) is 20.6 Å². The van der Waals surface area contributed by atoms with Crippen LogP contribution in [0, 0.1) is 6.92 Å². The molecule has 1 aromatic heterocycles. The van der Waals surface area contributed by atoms with Crippen LogP contribution in [0.2, 0.25) is 0 Å². The normalized spacial score (nSPS) is 12.9. The fourth-order valence-corrected chi connectivity index (χ4v) is 2.18. The molecule has 0 aliphatic carbocycles. The Morgan fingerprint density at radius 1 is 1.10 bits per heavy atom. The van der Waals surface area contributed by atoms with Crippen LogP contribution in [0.25, 0.3) is 0 Å². The van der Waals surface area contributed by atoms with Gasteiger partial charge in [-0.3, -0.25) is 0 Å². The van der Waals surface area contributed by atoms with Crippen LogP contribution in [0.3, 0.4) is 0 Å². The number of anilines is 3. The van der Waals surface area contributed by atoms with E-state index in [1.165, 1.54) is 0 Å². The van der Waals surface area contributed by atoms with E-state index in [1.807, 2.05) is 32.0 Å². The molecule has 0 bridgehead atoms. The molecule has 2 aromatic rings. The molecule has 0 unspecified atom stereocenters. The lowest BCUT2D eigenvalue weighted by Gasteiger charge is -2.19. The van der Waals surface area contributed by atoms with E-state index >= 15 is 0 Å². The third-order valence-corrected chi connectivity index (χ3v) is 3.23. The van der Waals surface area contributed by atoms with Gasteiger partial charge >= 0.3 is 0 Å². The summed E-state index contributed by atoms with van der Waals surface area (Å²) in [5.74, 6) is 3.15. The molecular formula is C15H18N4O2. The van der Waals surface area contributed by atoms with Gasteiger partial charge < -0.3 is 20.1 Å². The van der Waals surface area contributed by atoms with Crippen LogP contribution < -0.4 is 20.1 Å². The van der Waals surface area contributed by atoms with Gasteiger partial charge in [-0.15, -0.1) is 0 Å². The van der Waals surface area contributed by atoms with Crippen molar-refractivity contribution in [3.63, 3.8) is 0 Å². The molecule has 2 heterocycles. The van der Waals surface area contributed by atoms with Gasteiger partial charge in [0.2, 0.25) is 0 Å². The maximum Gasteiger partial charge on any atom is 0.163 e. The third kappa shape index (κ3) is 2.84. The van der Waals surface area contributed by atoms with E-state index in [1.54, 1.807) is 6.33 Å². The van der Waals surface area contributed by atoms with Crippen molar-refractivity contribution in [1.29, 1.82) is 0 Å². The van der Waals surface area contributed by atoms with Crippen LogP contribution in [-0.2, 0) is 0 Å². The summed E-state index contributed by atoms with van der Waals surface area (Å²) in [7, 11) is 0. The number of nitrogens with one attached hydrogen (secondary N) is 2. The van der Waals surface area contributed by atoms with Gasteiger partial charge in [0.25, 0.3) is 0 Å². The molecular weight excluding hydrogens is 268 g/mol. The lowest BCUT2D eigenvalue weighted by molar-refractivity contribution is 0.171. The van der Waals surface area contributed by atoms with Crippen molar-refractivity contribution in [2.24, 2.45) is 0 Å². The largest absolute Gasteiger partial charge is 0.486 e. The lowest BCUT2D eigenvalue weighted by Crippen LogP contribution is -2.15. The summed E-state index contributed by atoms with van der Waals surface area (Å²) in [4.78, 5) is 8.53.